The van der Waals surface area contributed by atoms with Crippen LogP contribution >= 0.6 is 11.6 Å². The lowest BCUT2D eigenvalue weighted by Gasteiger charge is -2.24. The molecule has 178 valence electrons. The van der Waals surface area contributed by atoms with Crippen molar-refractivity contribution < 1.29 is 18.8 Å². The number of furan rings is 1. The van der Waals surface area contributed by atoms with E-state index in [1.54, 1.807) is 6.26 Å². The summed E-state index contributed by atoms with van der Waals surface area (Å²) in [5.41, 5.74) is 2.97. The Bertz CT molecular complexity index is 1150. The molecule has 0 saturated carbocycles. The Hall–Kier alpha value is -2.97. The first-order valence-corrected chi connectivity index (χ1v) is 11.6. The van der Waals surface area contributed by atoms with E-state index in [0.29, 0.717) is 49.4 Å². The van der Waals surface area contributed by atoms with Gasteiger partial charge in [0.05, 0.1) is 19.0 Å². The number of aliphatic hydroxyl groups excluding tert-OH is 1. The number of aryl methyl sites for hydroxylation is 1. The number of aliphatic hydroxyl groups is 1. The van der Waals surface area contributed by atoms with Gasteiger partial charge in [-0.25, -0.2) is 0 Å². The molecule has 0 amide bonds. The van der Waals surface area contributed by atoms with Gasteiger partial charge < -0.3 is 18.8 Å². The van der Waals surface area contributed by atoms with Crippen LogP contribution < -0.4 is 0 Å². The van der Waals surface area contributed by atoms with Crippen molar-refractivity contribution in [1.29, 1.82) is 0 Å². The van der Waals surface area contributed by atoms with Crippen LogP contribution in [0.25, 0.3) is 11.4 Å². The summed E-state index contributed by atoms with van der Waals surface area (Å²) in [5, 5.41) is 15.3. The largest absolute Gasteiger partial charge is 0.467 e. The van der Waals surface area contributed by atoms with Crippen molar-refractivity contribution in [3.05, 3.63) is 94.7 Å². The van der Waals surface area contributed by atoms with Gasteiger partial charge >= 0.3 is 0 Å². The highest BCUT2D eigenvalue weighted by molar-refractivity contribution is 6.31. The molecule has 1 N–H and O–H groups in total. The van der Waals surface area contributed by atoms with Gasteiger partial charge in [-0.3, -0.25) is 4.90 Å². The number of ether oxygens (including phenoxy) is 1. The third-order valence-corrected chi connectivity index (χ3v) is 5.80. The minimum Gasteiger partial charge on any atom is -0.467 e. The Balaban J connectivity index is 1.35. The van der Waals surface area contributed by atoms with Crippen molar-refractivity contribution in [3.63, 3.8) is 0 Å². The third-order valence-electron chi connectivity index (χ3n) is 5.39. The first-order chi connectivity index (χ1) is 16.6. The fourth-order valence-corrected chi connectivity index (χ4v) is 3.76. The number of hydrogen-bond donors (Lipinski definition) is 1. The molecule has 0 spiro atoms. The van der Waals surface area contributed by atoms with Crippen LogP contribution in [0.15, 0.2) is 75.9 Å². The highest BCUT2D eigenvalue weighted by Crippen LogP contribution is 2.23. The van der Waals surface area contributed by atoms with Crippen LogP contribution in [0.5, 0.6) is 0 Å². The predicted octanol–water partition coefficient (Wildman–Crippen LogP) is 4.91. The van der Waals surface area contributed by atoms with Gasteiger partial charge in [0.25, 0.3) is 0 Å². The van der Waals surface area contributed by atoms with E-state index in [-0.39, 0.29) is 6.61 Å². The maximum absolute atomic E-state index is 10.6. The van der Waals surface area contributed by atoms with Gasteiger partial charge in [-0.1, -0.05) is 59.2 Å². The van der Waals surface area contributed by atoms with E-state index in [2.05, 4.69) is 27.2 Å². The standard InChI is InChI=1S/C26H28ClN3O4/c1-19-9-10-21(14-24(19)27)26-28-25(34-29-26)11-12-30(15-20-6-3-2-4-7-20)16-22(31)17-32-18-23-8-5-13-33-23/h2-10,13-14,22,31H,11-12,15-18H2,1H3/t22-/m0/s1. The summed E-state index contributed by atoms with van der Waals surface area (Å²) in [5.74, 6) is 1.78. The second kappa shape index (κ2) is 11.9. The van der Waals surface area contributed by atoms with E-state index < -0.39 is 6.10 Å². The number of benzene rings is 2. The lowest BCUT2D eigenvalue weighted by atomic mass is 10.1. The molecule has 7 nitrogen and oxygen atoms in total. The van der Waals surface area contributed by atoms with E-state index >= 15 is 0 Å². The third kappa shape index (κ3) is 7.01. The normalized spacial score (nSPS) is 12.4. The SMILES string of the molecule is Cc1ccc(-c2noc(CCN(Cc3ccccc3)C[C@H](O)COCc3ccco3)n2)cc1Cl. The zero-order chi connectivity index (χ0) is 23.8. The summed E-state index contributed by atoms with van der Waals surface area (Å²) in [4.78, 5) is 6.68. The summed E-state index contributed by atoms with van der Waals surface area (Å²) in [6.45, 7) is 4.26. The van der Waals surface area contributed by atoms with Crippen LogP contribution in [0.1, 0.15) is 22.8 Å². The van der Waals surface area contributed by atoms with Crippen molar-refractivity contribution >= 4 is 11.6 Å². The average Bonchev–Trinajstić information content (AvgIpc) is 3.52. The van der Waals surface area contributed by atoms with Crippen LogP contribution in [0, 0.1) is 6.92 Å². The minimum absolute atomic E-state index is 0.213. The van der Waals surface area contributed by atoms with Crippen LogP contribution in [-0.2, 0) is 24.3 Å². The van der Waals surface area contributed by atoms with Crippen molar-refractivity contribution in [3.8, 4) is 11.4 Å². The fourth-order valence-electron chi connectivity index (χ4n) is 3.58. The first kappa shape index (κ1) is 24.2. The van der Waals surface area contributed by atoms with Gasteiger partial charge in [0.1, 0.15) is 12.4 Å². The molecular formula is C26H28ClN3O4. The average molecular weight is 482 g/mol. The molecule has 0 bridgehead atoms. The van der Waals surface area contributed by atoms with Gasteiger partial charge in [0.15, 0.2) is 0 Å². The van der Waals surface area contributed by atoms with Crippen LogP contribution in [0.3, 0.4) is 0 Å². The Morgan fingerprint density at radius 3 is 2.74 bits per heavy atom. The quantitative estimate of drug-likeness (QED) is 0.307. The molecule has 0 unspecified atom stereocenters. The number of aromatic nitrogens is 2. The highest BCUT2D eigenvalue weighted by atomic mass is 35.5. The number of rotatable bonds is 12. The van der Waals surface area contributed by atoms with E-state index in [1.165, 1.54) is 0 Å². The molecule has 2 heterocycles. The lowest BCUT2D eigenvalue weighted by Crippen LogP contribution is -2.36. The summed E-state index contributed by atoms with van der Waals surface area (Å²) >= 11 is 6.23. The van der Waals surface area contributed by atoms with E-state index in [4.69, 9.17) is 25.3 Å². The first-order valence-electron chi connectivity index (χ1n) is 11.2. The molecule has 8 heteroatoms. The Labute approximate surface area is 203 Å². The van der Waals surface area contributed by atoms with Crippen LogP contribution in [0.4, 0.5) is 0 Å². The van der Waals surface area contributed by atoms with E-state index in [9.17, 15) is 5.11 Å². The molecule has 4 rings (SSSR count). The fraction of sp³-hybridized carbons (Fsp3) is 0.308. The minimum atomic E-state index is -0.647. The van der Waals surface area contributed by atoms with Gasteiger partial charge in [-0.05, 0) is 36.2 Å². The monoisotopic (exact) mass is 481 g/mol. The molecule has 0 fully saturated rings. The predicted molar refractivity (Wildman–Crippen MR) is 129 cm³/mol. The second-order valence-corrected chi connectivity index (χ2v) is 8.60. The Morgan fingerprint density at radius 1 is 1.12 bits per heavy atom. The smallest absolute Gasteiger partial charge is 0.228 e. The molecule has 1 atom stereocenters. The topological polar surface area (TPSA) is 84.8 Å². The van der Waals surface area contributed by atoms with Gasteiger partial charge in [-0.2, -0.15) is 4.98 Å². The summed E-state index contributed by atoms with van der Waals surface area (Å²) in [6, 6.07) is 19.5. The molecule has 0 radical (unpaired) electrons. The summed E-state index contributed by atoms with van der Waals surface area (Å²) in [6.07, 6.45) is 1.51. The summed E-state index contributed by atoms with van der Waals surface area (Å²) in [7, 11) is 0. The molecule has 0 aliphatic rings. The van der Waals surface area contributed by atoms with Gasteiger partial charge in [-0.15, -0.1) is 0 Å². The zero-order valence-corrected chi connectivity index (χ0v) is 19.8. The van der Waals surface area contributed by atoms with Crippen molar-refractivity contribution in [2.75, 3.05) is 19.7 Å². The maximum Gasteiger partial charge on any atom is 0.228 e. The number of nitrogens with zero attached hydrogens (tertiary/aromatic N) is 3. The number of hydrogen-bond acceptors (Lipinski definition) is 7. The molecular weight excluding hydrogens is 454 g/mol. The zero-order valence-electron chi connectivity index (χ0n) is 19.1. The lowest BCUT2D eigenvalue weighted by molar-refractivity contribution is 0.00375. The van der Waals surface area contributed by atoms with Crippen molar-refractivity contribution in [1.82, 2.24) is 15.0 Å². The second-order valence-electron chi connectivity index (χ2n) is 8.19. The molecule has 4 aromatic rings. The molecule has 0 saturated heterocycles. The Kier molecular flexibility index (Phi) is 8.49. The van der Waals surface area contributed by atoms with Crippen LogP contribution in [0.2, 0.25) is 5.02 Å². The van der Waals surface area contributed by atoms with Crippen LogP contribution in [-0.4, -0.2) is 45.9 Å². The number of halogens is 1. The molecule has 0 aliphatic heterocycles. The van der Waals surface area contributed by atoms with Crippen molar-refractivity contribution in [2.45, 2.75) is 32.6 Å². The summed E-state index contributed by atoms with van der Waals surface area (Å²) < 4.78 is 16.3. The highest BCUT2D eigenvalue weighted by Gasteiger charge is 2.16. The van der Waals surface area contributed by atoms with Gasteiger partial charge in [0, 0.05) is 36.6 Å². The molecule has 34 heavy (non-hydrogen) atoms. The Morgan fingerprint density at radius 2 is 1.97 bits per heavy atom. The van der Waals surface area contributed by atoms with E-state index in [1.807, 2.05) is 55.5 Å². The molecule has 2 aromatic carbocycles. The molecule has 0 aliphatic carbocycles. The van der Waals surface area contributed by atoms with Gasteiger partial charge in [0.2, 0.25) is 11.7 Å². The molecule has 2 aromatic heterocycles. The van der Waals surface area contributed by atoms with E-state index in [0.717, 1.165) is 22.5 Å². The van der Waals surface area contributed by atoms with Crippen molar-refractivity contribution in [2.24, 2.45) is 0 Å². The maximum atomic E-state index is 10.6.